The molecule has 1 amide bonds. The monoisotopic (exact) mass is 408 g/mol. The molecule has 0 aliphatic heterocycles. The van der Waals surface area contributed by atoms with E-state index in [0.29, 0.717) is 5.56 Å². The molecular formula is C17H17FN4OS3. The first kappa shape index (κ1) is 18.8. The van der Waals surface area contributed by atoms with Crippen LogP contribution in [-0.4, -0.2) is 28.4 Å². The van der Waals surface area contributed by atoms with E-state index in [-0.39, 0.29) is 24.0 Å². The van der Waals surface area contributed by atoms with Crippen LogP contribution in [0.25, 0.3) is 0 Å². The van der Waals surface area contributed by atoms with Gasteiger partial charge in [0.25, 0.3) is 0 Å². The topological polar surface area (TPSA) is 66.9 Å². The summed E-state index contributed by atoms with van der Waals surface area (Å²) in [6, 6.07) is 10.5. The molecule has 2 aromatic heterocycles. The van der Waals surface area contributed by atoms with Crippen LogP contribution < -0.4 is 10.6 Å². The van der Waals surface area contributed by atoms with Crippen LogP contribution in [0, 0.1) is 5.82 Å². The Bertz CT molecular complexity index is 838. The first-order valence-corrected chi connectivity index (χ1v) is 10.6. The summed E-state index contributed by atoms with van der Waals surface area (Å²) < 4.78 is 14.2. The van der Waals surface area contributed by atoms with E-state index in [4.69, 9.17) is 0 Å². The molecule has 0 aliphatic rings. The quantitative estimate of drug-likeness (QED) is 0.527. The fourth-order valence-electron chi connectivity index (χ4n) is 2.10. The van der Waals surface area contributed by atoms with Crippen molar-refractivity contribution in [3.8, 4) is 0 Å². The fraction of sp³-hybridized carbons (Fsp3) is 0.235. The number of nitrogens with zero attached hydrogens (tertiary/aromatic N) is 2. The molecule has 0 aliphatic carbocycles. The van der Waals surface area contributed by atoms with Crippen LogP contribution in [0.15, 0.2) is 46.1 Å². The molecule has 2 N–H and O–H groups in total. The maximum Gasteiger partial charge on any atom is 0.230 e. The Morgan fingerprint density at radius 2 is 2.08 bits per heavy atom. The molecule has 5 nitrogen and oxygen atoms in total. The number of thiophene rings is 1. The fourth-order valence-corrected chi connectivity index (χ4v) is 4.42. The van der Waals surface area contributed by atoms with Crippen molar-refractivity contribution < 1.29 is 9.18 Å². The van der Waals surface area contributed by atoms with Crippen LogP contribution in [0.3, 0.4) is 0 Å². The molecule has 0 saturated carbocycles. The molecule has 2 heterocycles. The normalized spacial score (nSPS) is 10.7. The van der Waals surface area contributed by atoms with Crippen molar-refractivity contribution in [1.82, 2.24) is 15.5 Å². The Morgan fingerprint density at radius 3 is 2.88 bits per heavy atom. The third kappa shape index (κ3) is 5.79. The molecule has 0 spiro atoms. The van der Waals surface area contributed by atoms with Gasteiger partial charge in [-0.2, -0.15) is 0 Å². The second kappa shape index (κ2) is 9.65. The molecule has 3 rings (SSSR count). The van der Waals surface area contributed by atoms with Crippen molar-refractivity contribution in [2.24, 2.45) is 0 Å². The van der Waals surface area contributed by atoms with Crippen LogP contribution in [-0.2, 0) is 17.8 Å². The van der Waals surface area contributed by atoms with Gasteiger partial charge < -0.3 is 10.6 Å². The van der Waals surface area contributed by atoms with Gasteiger partial charge in [-0.25, -0.2) is 4.39 Å². The highest BCUT2D eigenvalue weighted by Crippen LogP contribution is 2.25. The number of anilines is 1. The number of thioether (sulfide) groups is 1. The molecule has 26 heavy (non-hydrogen) atoms. The summed E-state index contributed by atoms with van der Waals surface area (Å²) in [4.78, 5) is 13.2. The second-order valence-electron chi connectivity index (χ2n) is 5.29. The third-order valence-corrected chi connectivity index (χ3v) is 6.35. The number of carbonyl (C=O) groups excluding carboxylic acids is 1. The predicted octanol–water partition coefficient (Wildman–Crippen LogP) is 3.80. The summed E-state index contributed by atoms with van der Waals surface area (Å²) in [6.45, 7) is 0.973. The van der Waals surface area contributed by atoms with Crippen molar-refractivity contribution in [2.75, 3.05) is 17.6 Å². The molecule has 0 unspecified atom stereocenters. The number of carbonyl (C=O) groups is 1. The molecule has 136 valence electrons. The second-order valence-corrected chi connectivity index (χ2v) is 8.52. The Kier molecular flexibility index (Phi) is 6.98. The molecule has 0 bridgehead atoms. The van der Waals surface area contributed by atoms with Gasteiger partial charge in [0.05, 0.1) is 5.75 Å². The highest BCUT2D eigenvalue weighted by Gasteiger charge is 2.09. The van der Waals surface area contributed by atoms with Crippen LogP contribution in [0.4, 0.5) is 9.52 Å². The van der Waals surface area contributed by atoms with Crippen molar-refractivity contribution in [1.29, 1.82) is 0 Å². The number of nitrogens with one attached hydrogen (secondary N) is 2. The maximum absolute atomic E-state index is 13.5. The third-order valence-electron chi connectivity index (χ3n) is 3.39. The van der Waals surface area contributed by atoms with Gasteiger partial charge in [-0.3, -0.25) is 4.79 Å². The van der Waals surface area contributed by atoms with E-state index < -0.39 is 0 Å². The Labute approximate surface area is 163 Å². The van der Waals surface area contributed by atoms with Gasteiger partial charge in [0.2, 0.25) is 11.0 Å². The molecule has 3 aromatic rings. The van der Waals surface area contributed by atoms with Crippen molar-refractivity contribution >= 4 is 45.5 Å². The number of amides is 1. The smallest absolute Gasteiger partial charge is 0.230 e. The zero-order valence-electron chi connectivity index (χ0n) is 13.8. The van der Waals surface area contributed by atoms with E-state index in [0.717, 1.165) is 22.4 Å². The van der Waals surface area contributed by atoms with E-state index in [1.54, 1.807) is 29.5 Å². The van der Waals surface area contributed by atoms with Crippen LogP contribution in [0.1, 0.15) is 10.4 Å². The van der Waals surface area contributed by atoms with E-state index in [9.17, 15) is 9.18 Å². The minimum Gasteiger partial charge on any atom is -0.360 e. The zero-order chi connectivity index (χ0) is 18.2. The van der Waals surface area contributed by atoms with E-state index in [1.807, 2.05) is 6.07 Å². The number of halogens is 1. The van der Waals surface area contributed by atoms with E-state index in [1.165, 1.54) is 34.0 Å². The van der Waals surface area contributed by atoms with Crippen LogP contribution in [0.2, 0.25) is 0 Å². The average Bonchev–Trinajstić information content (AvgIpc) is 3.31. The molecule has 0 saturated heterocycles. The summed E-state index contributed by atoms with van der Waals surface area (Å²) in [7, 11) is 0. The van der Waals surface area contributed by atoms with Gasteiger partial charge in [-0.1, -0.05) is 47.4 Å². The summed E-state index contributed by atoms with van der Waals surface area (Å²) in [5.74, 6) is -0.262. The van der Waals surface area contributed by atoms with Crippen LogP contribution >= 0.6 is 34.4 Å². The Hall–Kier alpha value is -1.97. The molecular weight excluding hydrogens is 391 g/mol. The molecule has 0 radical (unpaired) electrons. The van der Waals surface area contributed by atoms with Gasteiger partial charge in [0.15, 0.2) is 4.34 Å². The Balaban J connectivity index is 1.37. The number of benzene rings is 1. The molecule has 0 fully saturated rings. The maximum atomic E-state index is 13.5. The van der Waals surface area contributed by atoms with Crippen molar-refractivity contribution in [3.63, 3.8) is 0 Å². The van der Waals surface area contributed by atoms with Gasteiger partial charge in [0, 0.05) is 23.5 Å². The average molecular weight is 409 g/mol. The highest BCUT2D eigenvalue weighted by atomic mass is 32.2. The van der Waals surface area contributed by atoms with Gasteiger partial charge >= 0.3 is 0 Å². The minimum absolute atomic E-state index is 0.166. The SMILES string of the molecule is O=C(CSc1nnc(NCCc2cccs2)s1)NCc1ccccc1F. The zero-order valence-corrected chi connectivity index (χ0v) is 16.2. The lowest BCUT2D eigenvalue weighted by Crippen LogP contribution is -2.24. The molecule has 0 atom stereocenters. The summed E-state index contributed by atoms with van der Waals surface area (Å²) in [6.07, 6.45) is 0.943. The molecule has 1 aromatic carbocycles. The summed E-state index contributed by atoms with van der Waals surface area (Å²) >= 11 is 4.48. The number of rotatable bonds is 9. The number of hydrogen-bond donors (Lipinski definition) is 2. The van der Waals surface area contributed by atoms with Gasteiger partial charge in [-0.05, 0) is 23.9 Å². The first-order chi connectivity index (χ1) is 12.7. The standard InChI is InChI=1S/C17H17FN4OS3/c18-14-6-2-1-4-12(14)10-20-15(23)11-25-17-22-21-16(26-17)19-8-7-13-5-3-9-24-13/h1-6,9H,7-8,10-11H2,(H,19,21)(H,20,23). The number of hydrogen-bond acceptors (Lipinski definition) is 7. The predicted molar refractivity (Wildman–Crippen MR) is 105 cm³/mol. The van der Waals surface area contributed by atoms with Gasteiger partial charge in [0.1, 0.15) is 5.82 Å². The minimum atomic E-state index is -0.317. The lowest BCUT2D eigenvalue weighted by atomic mass is 10.2. The Morgan fingerprint density at radius 1 is 1.19 bits per heavy atom. The molecule has 9 heteroatoms. The van der Waals surface area contributed by atoms with Gasteiger partial charge in [-0.15, -0.1) is 21.5 Å². The lowest BCUT2D eigenvalue weighted by molar-refractivity contribution is -0.118. The van der Waals surface area contributed by atoms with E-state index >= 15 is 0 Å². The summed E-state index contributed by atoms with van der Waals surface area (Å²) in [5, 5.41) is 16.9. The largest absolute Gasteiger partial charge is 0.360 e. The van der Waals surface area contributed by atoms with Crippen molar-refractivity contribution in [2.45, 2.75) is 17.3 Å². The summed E-state index contributed by atoms with van der Waals surface area (Å²) in [5.41, 5.74) is 0.471. The highest BCUT2D eigenvalue weighted by molar-refractivity contribution is 8.01. The van der Waals surface area contributed by atoms with Crippen molar-refractivity contribution in [3.05, 3.63) is 58.0 Å². The number of aromatic nitrogens is 2. The first-order valence-electron chi connectivity index (χ1n) is 7.93. The lowest BCUT2D eigenvalue weighted by Gasteiger charge is -2.05. The van der Waals surface area contributed by atoms with Crippen LogP contribution in [0.5, 0.6) is 0 Å². The van der Waals surface area contributed by atoms with E-state index in [2.05, 4.69) is 32.3 Å².